The zero-order chi connectivity index (χ0) is 23.4. The summed E-state index contributed by atoms with van der Waals surface area (Å²) in [5, 5.41) is 8.29. The summed E-state index contributed by atoms with van der Waals surface area (Å²) in [5.74, 6) is 1.99. The molecule has 2 N–H and O–H groups in total. The fourth-order valence-electron chi connectivity index (χ4n) is 3.48. The molecule has 1 aromatic heterocycles. The second kappa shape index (κ2) is 9.67. The van der Waals surface area contributed by atoms with E-state index in [-0.39, 0.29) is 5.91 Å². The van der Waals surface area contributed by atoms with Crippen LogP contribution in [0, 0.1) is 0 Å². The van der Waals surface area contributed by atoms with Gasteiger partial charge in [0, 0.05) is 34.4 Å². The summed E-state index contributed by atoms with van der Waals surface area (Å²) in [5.41, 5.74) is 1.73. The van der Waals surface area contributed by atoms with Crippen LogP contribution >= 0.6 is 11.6 Å². The summed E-state index contributed by atoms with van der Waals surface area (Å²) in [6, 6.07) is 18.0. The molecule has 0 fully saturated rings. The van der Waals surface area contributed by atoms with E-state index in [9.17, 15) is 4.79 Å². The van der Waals surface area contributed by atoms with Gasteiger partial charge in [-0.05, 0) is 29.7 Å². The smallest absolute Gasteiger partial charge is 0.257 e. The second-order valence-corrected chi connectivity index (χ2v) is 7.50. The molecule has 1 amide bonds. The van der Waals surface area contributed by atoms with Gasteiger partial charge in [-0.2, -0.15) is 0 Å². The first kappa shape index (κ1) is 22.2. The average molecular weight is 464 g/mol. The van der Waals surface area contributed by atoms with Gasteiger partial charge in [-0.1, -0.05) is 35.9 Å². The number of fused-ring (bicyclic) bond motifs is 1. The molecule has 0 aliphatic rings. The highest BCUT2D eigenvalue weighted by atomic mass is 35.5. The Hall–Kier alpha value is -3.97. The number of benzene rings is 3. The van der Waals surface area contributed by atoms with Gasteiger partial charge in [-0.3, -0.25) is 4.79 Å². The lowest BCUT2D eigenvalue weighted by Gasteiger charge is -2.15. The largest absolute Gasteiger partial charge is 0.495 e. The Morgan fingerprint density at radius 3 is 2.30 bits per heavy atom. The predicted molar refractivity (Wildman–Crippen MR) is 131 cm³/mol. The second-order valence-electron chi connectivity index (χ2n) is 7.06. The zero-order valence-corrected chi connectivity index (χ0v) is 19.1. The molecule has 4 rings (SSSR count). The molecule has 0 saturated carbocycles. The van der Waals surface area contributed by atoms with E-state index in [1.165, 1.54) is 0 Å². The van der Waals surface area contributed by atoms with E-state index in [1.54, 1.807) is 57.9 Å². The Morgan fingerprint density at radius 1 is 0.848 bits per heavy atom. The van der Waals surface area contributed by atoms with Gasteiger partial charge in [-0.25, -0.2) is 4.98 Å². The minimum absolute atomic E-state index is 0.290. The normalized spacial score (nSPS) is 10.5. The molecule has 0 saturated heterocycles. The molecule has 3 aromatic carbocycles. The summed E-state index contributed by atoms with van der Waals surface area (Å²) >= 11 is 6.07. The molecule has 168 valence electrons. The molecule has 4 aromatic rings. The number of hydrogen-bond acceptors (Lipinski definition) is 6. The highest BCUT2D eigenvalue weighted by Gasteiger charge is 2.16. The lowest BCUT2D eigenvalue weighted by Crippen LogP contribution is -2.13. The molecule has 0 aliphatic heterocycles. The van der Waals surface area contributed by atoms with Crippen LogP contribution in [0.3, 0.4) is 0 Å². The topological polar surface area (TPSA) is 81.7 Å². The third-order valence-corrected chi connectivity index (χ3v) is 5.33. The maximum absolute atomic E-state index is 13.1. The number of nitrogens with zero attached hydrogens (tertiary/aromatic N) is 1. The molecule has 0 atom stereocenters. The van der Waals surface area contributed by atoms with Gasteiger partial charge in [0.15, 0.2) is 11.5 Å². The van der Waals surface area contributed by atoms with Crippen molar-refractivity contribution in [2.75, 3.05) is 32.0 Å². The van der Waals surface area contributed by atoms with Crippen LogP contribution in [0.1, 0.15) is 10.4 Å². The van der Waals surface area contributed by atoms with Crippen LogP contribution in [0.2, 0.25) is 5.02 Å². The third kappa shape index (κ3) is 4.63. The van der Waals surface area contributed by atoms with Gasteiger partial charge >= 0.3 is 0 Å². The number of anilines is 3. The lowest BCUT2D eigenvalue weighted by atomic mass is 10.1. The van der Waals surface area contributed by atoms with Crippen LogP contribution < -0.4 is 24.8 Å². The van der Waals surface area contributed by atoms with Crippen LogP contribution in [-0.2, 0) is 0 Å². The van der Waals surface area contributed by atoms with Gasteiger partial charge in [0.2, 0.25) is 0 Å². The summed E-state index contributed by atoms with van der Waals surface area (Å²) in [4.78, 5) is 17.6. The number of aromatic nitrogens is 1. The van der Waals surface area contributed by atoms with Gasteiger partial charge in [-0.15, -0.1) is 0 Å². The van der Waals surface area contributed by atoms with Crippen molar-refractivity contribution in [2.45, 2.75) is 0 Å². The van der Waals surface area contributed by atoms with E-state index < -0.39 is 0 Å². The molecule has 0 unspecified atom stereocenters. The van der Waals surface area contributed by atoms with E-state index in [0.717, 1.165) is 10.8 Å². The molecular weight excluding hydrogens is 442 g/mol. The number of carbonyl (C=O) groups is 1. The summed E-state index contributed by atoms with van der Waals surface area (Å²) in [7, 11) is 4.68. The third-order valence-electron chi connectivity index (χ3n) is 5.10. The number of nitrogens with one attached hydrogen (secondary N) is 2. The van der Waals surface area contributed by atoms with Crippen molar-refractivity contribution in [3.05, 3.63) is 77.4 Å². The molecule has 0 spiro atoms. The molecule has 0 aliphatic carbocycles. The fraction of sp³-hybridized carbons (Fsp3) is 0.120. The number of ether oxygens (including phenoxy) is 3. The van der Waals surface area contributed by atoms with Crippen LogP contribution in [0.15, 0.2) is 66.9 Å². The standard InChI is InChI=1S/C25H22ClN3O4/c1-31-21-11-9-16(13-23(21)33-3)28-25(30)19-14-27-24(18-7-5-4-6-17(18)19)29-20-10-8-15(26)12-22(20)32-2/h4-14H,1-3H3,(H,27,29)(H,28,30). The van der Waals surface area contributed by atoms with Crippen molar-refractivity contribution >= 4 is 45.5 Å². The van der Waals surface area contributed by atoms with Crippen LogP contribution in [-0.4, -0.2) is 32.2 Å². The van der Waals surface area contributed by atoms with Gasteiger partial charge < -0.3 is 24.8 Å². The molecular formula is C25H22ClN3O4. The van der Waals surface area contributed by atoms with E-state index >= 15 is 0 Å². The number of pyridine rings is 1. The minimum atomic E-state index is -0.290. The maximum Gasteiger partial charge on any atom is 0.257 e. The Labute approximate surface area is 196 Å². The molecule has 8 heteroatoms. The van der Waals surface area contributed by atoms with E-state index in [2.05, 4.69) is 15.6 Å². The Morgan fingerprint density at radius 2 is 1.58 bits per heavy atom. The Balaban J connectivity index is 1.67. The first-order valence-corrected chi connectivity index (χ1v) is 10.4. The molecule has 1 heterocycles. The number of amides is 1. The highest BCUT2D eigenvalue weighted by molar-refractivity contribution is 6.30. The SMILES string of the molecule is COc1cc(Cl)ccc1Nc1ncc(C(=O)Nc2ccc(OC)c(OC)c2)c2ccccc12. The number of rotatable bonds is 7. The van der Waals surface area contributed by atoms with Gasteiger partial charge in [0.05, 0.1) is 32.6 Å². The number of halogens is 1. The zero-order valence-electron chi connectivity index (χ0n) is 18.3. The number of hydrogen-bond donors (Lipinski definition) is 2. The molecule has 7 nitrogen and oxygen atoms in total. The lowest BCUT2D eigenvalue weighted by molar-refractivity contribution is 0.102. The summed E-state index contributed by atoms with van der Waals surface area (Å²) < 4.78 is 16.0. The minimum Gasteiger partial charge on any atom is -0.495 e. The van der Waals surface area contributed by atoms with Crippen molar-refractivity contribution in [1.82, 2.24) is 4.98 Å². The Kier molecular flexibility index (Phi) is 6.51. The molecule has 0 radical (unpaired) electrons. The monoisotopic (exact) mass is 463 g/mol. The van der Waals surface area contributed by atoms with Crippen LogP contribution in [0.4, 0.5) is 17.2 Å². The maximum atomic E-state index is 13.1. The van der Waals surface area contributed by atoms with Crippen molar-refractivity contribution in [2.24, 2.45) is 0 Å². The summed E-state index contributed by atoms with van der Waals surface area (Å²) in [6.45, 7) is 0. The van der Waals surface area contributed by atoms with Crippen molar-refractivity contribution in [1.29, 1.82) is 0 Å². The Bertz CT molecular complexity index is 1330. The van der Waals surface area contributed by atoms with E-state index in [1.807, 2.05) is 30.3 Å². The highest BCUT2D eigenvalue weighted by Crippen LogP contribution is 2.34. The summed E-state index contributed by atoms with van der Waals surface area (Å²) in [6.07, 6.45) is 1.54. The van der Waals surface area contributed by atoms with Crippen molar-refractivity contribution < 1.29 is 19.0 Å². The predicted octanol–water partition coefficient (Wildman–Crippen LogP) is 5.91. The first-order valence-electron chi connectivity index (χ1n) is 10.1. The van der Waals surface area contributed by atoms with Crippen molar-refractivity contribution in [3.8, 4) is 17.2 Å². The molecule has 0 bridgehead atoms. The van der Waals surface area contributed by atoms with Gasteiger partial charge in [0.1, 0.15) is 11.6 Å². The fourth-order valence-corrected chi connectivity index (χ4v) is 3.64. The van der Waals surface area contributed by atoms with Crippen LogP contribution in [0.25, 0.3) is 10.8 Å². The molecule has 33 heavy (non-hydrogen) atoms. The van der Waals surface area contributed by atoms with Crippen LogP contribution in [0.5, 0.6) is 17.2 Å². The van der Waals surface area contributed by atoms with Gasteiger partial charge in [0.25, 0.3) is 5.91 Å². The number of carbonyl (C=O) groups excluding carboxylic acids is 1. The number of methoxy groups -OCH3 is 3. The first-order chi connectivity index (χ1) is 16.0. The quantitative estimate of drug-likeness (QED) is 0.354. The van der Waals surface area contributed by atoms with E-state index in [0.29, 0.717) is 45.0 Å². The van der Waals surface area contributed by atoms with Crippen molar-refractivity contribution in [3.63, 3.8) is 0 Å². The van der Waals surface area contributed by atoms with E-state index in [4.69, 9.17) is 25.8 Å². The average Bonchev–Trinajstić information content (AvgIpc) is 2.85.